The van der Waals surface area contributed by atoms with Gasteiger partial charge in [0.25, 0.3) is 0 Å². The molecule has 2 aromatic carbocycles. The fraction of sp³-hybridized carbons (Fsp3) is 0.316. The minimum atomic E-state index is -4.11. The van der Waals surface area contributed by atoms with Gasteiger partial charge >= 0.3 is 7.60 Å². The number of thioether (sulfide) groups is 1. The van der Waals surface area contributed by atoms with Crippen LogP contribution in [-0.4, -0.2) is 44.5 Å². The number of para-hydroxylation sites is 1. The fourth-order valence-electron chi connectivity index (χ4n) is 2.42. The SMILES string of the molecule is CN(C)C(=S)S[C@@H](CCc1cccc(Oc2ccccc2)c1)CP(=O)(O)O. The summed E-state index contributed by atoms with van der Waals surface area (Å²) in [5.74, 6) is 1.50. The van der Waals surface area contributed by atoms with Crippen molar-refractivity contribution in [3.8, 4) is 11.5 Å². The number of hydrogen-bond donors (Lipinski definition) is 2. The topological polar surface area (TPSA) is 70.0 Å². The number of hydrogen-bond acceptors (Lipinski definition) is 4. The Bertz CT molecular complexity index is 795. The Hall–Kier alpha value is -1.37. The highest BCUT2D eigenvalue weighted by Gasteiger charge is 2.23. The molecule has 0 spiro atoms. The van der Waals surface area contributed by atoms with E-state index in [1.54, 1.807) is 4.90 Å². The summed E-state index contributed by atoms with van der Waals surface area (Å²) in [4.78, 5) is 20.5. The highest BCUT2D eigenvalue weighted by molar-refractivity contribution is 8.23. The first-order valence-corrected chi connectivity index (χ1v) is 11.6. The van der Waals surface area contributed by atoms with Gasteiger partial charge < -0.3 is 19.4 Å². The molecule has 0 unspecified atom stereocenters. The molecule has 8 heteroatoms. The lowest BCUT2D eigenvalue weighted by Gasteiger charge is -2.21. The van der Waals surface area contributed by atoms with Crippen LogP contribution >= 0.6 is 31.6 Å². The van der Waals surface area contributed by atoms with E-state index < -0.39 is 7.60 Å². The quantitative estimate of drug-likeness (QED) is 0.475. The van der Waals surface area contributed by atoms with Crippen molar-refractivity contribution in [1.29, 1.82) is 0 Å². The van der Waals surface area contributed by atoms with Crippen LogP contribution in [0, 0.1) is 0 Å². The summed E-state index contributed by atoms with van der Waals surface area (Å²) < 4.78 is 17.9. The number of thiocarbonyl (C=S) groups is 1. The molecule has 0 aliphatic rings. The van der Waals surface area contributed by atoms with Gasteiger partial charge in [-0.2, -0.15) is 0 Å². The van der Waals surface area contributed by atoms with Crippen molar-refractivity contribution in [3.05, 3.63) is 60.2 Å². The predicted octanol–water partition coefficient (Wildman–Crippen LogP) is 4.54. The lowest BCUT2D eigenvalue weighted by molar-refractivity contribution is 0.372. The van der Waals surface area contributed by atoms with Gasteiger partial charge in [-0.15, -0.1) is 0 Å². The van der Waals surface area contributed by atoms with E-state index in [0.717, 1.165) is 17.1 Å². The Morgan fingerprint density at radius 1 is 1.15 bits per heavy atom. The number of rotatable bonds is 8. The number of benzene rings is 2. The second-order valence-corrected chi connectivity index (χ2v) is 9.98. The highest BCUT2D eigenvalue weighted by atomic mass is 32.2. The zero-order valence-corrected chi connectivity index (χ0v) is 17.8. The number of ether oxygens (including phenoxy) is 1. The summed E-state index contributed by atoms with van der Waals surface area (Å²) in [5, 5.41) is -0.251. The van der Waals surface area contributed by atoms with Crippen LogP contribution in [0.1, 0.15) is 12.0 Å². The van der Waals surface area contributed by atoms with Crippen LogP contribution in [0.4, 0.5) is 0 Å². The van der Waals surface area contributed by atoms with Crippen LogP contribution in [0.25, 0.3) is 0 Å². The van der Waals surface area contributed by atoms with Crippen molar-refractivity contribution in [2.24, 2.45) is 0 Å². The van der Waals surface area contributed by atoms with E-state index in [2.05, 4.69) is 0 Å². The van der Waals surface area contributed by atoms with Gasteiger partial charge in [0, 0.05) is 19.3 Å². The van der Waals surface area contributed by atoms with E-state index in [1.165, 1.54) is 11.8 Å². The molecule has 0 aromatic heterocycles. The van der Waals surface area contributed by atoms with Gasteiger partial charge in [-0.25, -0.2) is 0 Å². The first-order chi connectivity index (χ1) is 12.7. The summed E-state index contributed by atoms with van der Waals surface area (Å²) in [6, 6.07) is 17.3. The Morgan fingerprint density at radius 3 is 2.44 bits per heavy atom. The van der Waals surface area contributed by atoms with Crippen molar-refractivity contribution in [3.63, 3.8) is 0 Å². The van der Waals surface area contributed by atoms with Gasteiger partial charge in [0.05, 0.1) is 6.16 Å². The van der Waals surface area contributed by atoms with Crippen molar-refractivity contribution in [2.75, 3.05) is 20.3 Å². The Kier molecular flexibility index (Phi) is 8.32. The molecule has 27 heavy (non-hydrogen) atoms. The summed E-state index contributed by atoms with van der Waals surface area (Å²) in [6.07, 6.45) is 1.10. The van der Waals surface area contributed by atoms with E-state index in [1.807, 2.05) is 68.7 Å². The van der Waals surface area contributed by atoms with Gasteiger partial charge in [0.15, 0.2) is 0 Å². The van der Waals surface area contributed by atoms with Gasteiger partial charge in [-0.1, -0.05) is 54.3 Å². The summed E-state index contributed by atoms with van der Waals surface area (Å²) in [5.41, 5.74) is 1.05. The smallest absolute Gasteiger partial charge is 0.326 e. The molecule has 2 N–H and O–H groups in total. The third-order valence-electron chi connectivity index (χ3n) is 3.71. The molecule has 0 radical (unpaired) electrons. The molecule has 0 saturated heterocycles. The molecule has 0 heterocycles. The first kappa shape index (κ1) is 21.9. The molecule has 0 fully saturated rings. The lowest BCUT2D eigenvalue weighted by atomic mass is 10.1. The van der Waals surface area contributed by atoms with E-state index >= 15 is 0 Å². The van der Waals surface area contributed by atoms with Crippen molar-refractivity contribution in [1.82, 2.24) is 4.90 Å². The van der Waals surface area contributed by atoms with Gasteiger partial charge in [-0.05, 0) is 42.7 Å². The van der Waals surface area contributed by atoms with E-state index in [0.29, 0.717) is 17.2 Å². The van der Waals surface area contributed by atoms with Crippen molar-refractivity contribution in [2.45, 2.75) is 18.1 Å². The summed E-state index contributed by atoms with van der Waals surface area (Å²) in [7, 11) is -0.453. The minimum absolute atomic E-state index is 0.189. The molecule has 5 nitrogen and oxygen atoms in total. The Morgan fingerprint density at radius 2 is 1.81 bits per heavy atom. The van der Waals surface area contributed by atoms with Gasteiger partial charge in [0.2, 0.25) is 0 Å². The zero-order valence-electron chi connectivity index (χ0n) is 15.3. The molecule has 2 aromatic rings. The fourth-order valence-corrected chi connectivity index (χ4v) is 5.15. The monoisotopic (exact) mass is 425 g/mol. The molecule has 0 bridgehead atoms. The molecule has 1 atom stereocenters. The largest absolute Gasteiger partial charge is 0.457 e. The molecule has 146 valence electrons. The third kappa shape index (κ3) is 8.45. The van der Waals surface area contributed by atoms with Crippen LogP contribution in [0.2, 0.25) is 0 Å². The highest BCUT2D eigenvalue weighted by Crippen LogP contribution is 2.40. The van der Waals surface area contributed by atoms with Crippen LogP contribution in [0.3, 0.4) is 0 Å². The minimum Gasteiger partial charge on any atom is -0.457 e. The van der Waals surface area contributed by atoms with E-state index in [-0.39, 0.29) is 11.4 Å². The number of aryl methyl sites for hydroxylation is 1. The molecule has 2 rings (SSSR count). The maximum absolute atomic E-state index is 11.5. The Balaban J connectivity index is 2.01. The van der Waals surface area contributed by atoms with Crippen LogP contribution in [0.15, 0.2) is 54.6 Å². The number of nitrogens with zero attached hydrogens (tertiary/aromatic N) is 1. The van der Waals surface area contributed by atoms with Gasteiger partial charge in [-0.3, -0.25) is 4.57 Å². The second-order valence-electron chi connectivity index (χ2n) is 6.35. The third-order valence-corrected chi connectivity index (χ3v) is 6.83. The first-order valence-electron chi connectivity index (χ1n) is 8.47. The molecule has 0 amide bonds. The van der Waals surface area contributed by atoms with Crippen LogP contribution in [0.5, 0.6) is 11.5 Å². The van der Waals surface area contributed by atoms with Gasteiger partial charge in [0.1, 0.15) is 15.8 Å². The lowest BCUT2D eigenvalue weighted by Crippen LogP contribution is -2.22. The summed E-state index contributed by atoms with van der Waals surface area (Å²) >= 11 is 6.62. The maximum Gasteiger partial charge on any atom is 0.326 e. The van der Waals surface area contributed by atoms with Crippen molar-refractivity contribution >= 4 is 35.9 Å². The van der Waals surface area contributed by atoms with Crippen LogP contribution in [-0.2, 0) is 11.0 Å². The zero-order chi connectivity index (χ0) is 19.9. The molecule has 0 aliphatic heterocycles. The molecular formula is C19H24NO4PS2. The normalized spacial score (nSPS) is 12.4. The Labute approximate surface area is 169 Å². The average molecular weight is 426 g/mol. The molecule has 0 aliphatic carbocycles. The van der Waals surface area contributed by atoms with E-state index in [9.17, 15) is 14.4 Å². The van der Waals surface area contributed by atoms with Crippen LogP contribution < -0.4 is 4.74 Å². The summed E-state index contributed by atoms with van der Waals surface area (Å²) in [6.45, 7) is 0. The standard InChI is InChI=1S/C19H24NO4PS2/c1-20(2)19(26)27-18(14-25(21,22)23)12-11-15-7-6-10-17(13-15)24-16-8-4-3-5-9-16/h3-10,13,18H,11-12,14H2,1-2H3,(H2,21,22,23)/t18-/m0/s1. The van der Waals surface area contributed by atoms with Crippen molar-refractivity contribution < 1.29 is 19.1 Å². The molecular weight excluding hydrogens is 401 g/mol. The maximum atomic E-state index is 11.5. The van der Waals surface area contributed by atoms with E-state index in [4.69, 9.17) is 17.0 Å². The molecule has 0 saturated carbocycles. The second kappa shape index (κ2) is 10.2. The predicted molar refractivity (Wildman–Crippen MR) is 116 cm³/mol. The average Bonchev–Trinajstić information content (AvgIpc) is 2.59.